The molecule has 0 bridgehead atoms. The van der Waals surface area contributed by atoms with Crippen molar-refractivity contribution in [2.45, 2.75) is 25.0 Å². The third-order valence-electron chi connectivity index (χ3n) is 5.39. The van der Waals surface area contributed by atoms with Gasteiger partial charge in [-0.3, -0.25) is 4.79 Å². The Bertz CT molecular complexity index is 883. The molecule has 2 fully saturated rings. The van der Waals surface area contributed by atoms with Crippen LogP contribution in [0.2, 0.25) is 0 Å². The van der Waals surface area contributed by atoms with Crippen LogP contribution in [-0.4, -0.2) is 88.0 Å². The Morgan fingerprint density at radius 3 is 2.67 bits per heavy atom. The Hall–Kier alpha value is -3.05. The van der Waals surface area contributed by atoms with Crippen LogP contribution in [0.3, 0.4) is 0 Å². The molecule has 1 aliphatic carbocycles. The van der Waals surface area contributed by atoms with E-state index >= 15 is 0 Å². The molecule has 1 saturated heterocycles. The molecule has 2 aromatic rings. The van der Waals surface area contributed by atoms with Crippen LogP contribution in [0.15, 0.2) is 18.5 Å². The highest BCUT2D eigenvalue weighted by Crippen LogP contribution is 2.31. The Labute approximate surface area is 173 Å². The second-order valence-electron chi connectivity index (χ2n) is 7.35. The minimum absolute atomic E-state index is 0.0557. The van der Waals surface area contributed by atoms with Gasteiger partial charge in [-0.15, -0.1) is 0 Å². The van der Waals surface area contributed by atoms with Crippen LogP contribution in [0.1, 0.15) is 12.8 Å². The zero-order chi connectivity index (χ0) is 21.1. The van der Waals surface area contributed by atoms with E-state index in [1.807, 2.05) is 0 Å². The predicted molar refractivity (Wildman–Crippen MR) is 108 cm³/mol. The molecule has 0 radical (unpaired) electrons. The lowest BCUT2D eigenvalue weighted by Gasteiger charge is -2.40. The molecule has 11 heteroatoms. The molecular weight excluding hydrogens is 390 g/mol. The summed E-state index contributed by atoms with van der Waals surface area (Å²) < 4.78 is 11.5. The summed E-state index contributed by atoms with van der Waals surface area (Å²) in [6.07, 6.45) is 4.53. The van der Waals surface area contributed by atoms with Crippen molar-refractivity contribution >= 4 is 17.8 Å². The van der Waals surface area contributed by atoms with Gasteiger partial charge in [0.25, 0.3) is 0 Å². The maximum atomic E-state index is 11.6. The molecule has 2 aromatic heterocycles. The smallest absolute Gasteiger partial charge is 0.248 e. The van der Waals surface area contributed by atoms with E-state index in [9.17, 15) is 4.79 Å². The number of aliphatic hydroxyl groups is 1. The standard InChI is InChI=1S/C19H25N7O4/c1-25(17(28)11-27)13-6-14(7-13)30-16-8-15(12-9-21-18(20)22-10-12)23-19(24-16)26-2-4-29-5-3-26/h8-10,13-14,27H,2-7,11H2,1H3,(H2,20,21,22). The van der Waals surface area contributed by atoms with E-state index in [1.165, 1.54) is 0 Å². The van der Waals surface area contributed by atoms with Crippen LogP contribution in [-0.2, 0) is 9.53 Å². The largest absolute Gasteiger partial charge is 0.474 e. The van der Waals surface area contributed by atoms with Gasteiger partial charge < -0.3 is 30.1 Å². The van der Waals surface area contributed by atoms with Gasteiger partial charge in [-0.2, -0.15) is 4.98 Å². The van der Waals surface area contributed by atoms with Crippen LogP contribution in [0, 0.1) is 0 Å². The number of rotatable bonds is 6. The van der Waals surface area contributed by atoms with E-state index in [4.69, 9.17) is 20.3 Å². The molecule has 160 valence electrons. The molecule has 0 atom stereocenters. The zero-order valence-electron chi connectivity index (χ0n) is 16.8. The number of carbonyl (C=O) groups is 1. The van der Waals surface area contributed by atoms with Gasteiger partial charge >= 0.3 is 0 Å². The number of amides is 1. The SMILES string of the molecule is CN(C(=O)CO)C1CC(Oc2cc(-c3cnc(N)nc3)nc(N3CCOCC3)n2)C1. The van der Waals surface area contributed by atoms with Gasteiger partial charge in [-0.1, -0.05) is 0 Å². The first-order valence-corrected chi connectivity index (χ1v) is 9.86. The number of ether oxygens (including phenoxy) is 2. The van der Waals surface area contributed by atoms with E-state index in [0.29, 0.717) is 62.2 Å². The molecule has 0 unspecified atom stereocenters. The van der Waals surface area contributed by atoms with E-state index < -0.39 is 6.61 Å². The fourth-order valence-corrected chi connectivity index (χ4v) is 3.43. The Kier molecular flexibility index (Phi) is 5.91. The lowest BCUT2D eigenvalue weighted by atomic mass is 9.88. The molecule has 4 rings (SSSR count). The van der Waals surface area contributed by atoms with Crippen LogP contribution in [0.25, 0.3) is 11.3 Å². The molecular formula is C19H25N7O4. The molecule has 2 aliphatic rings. The first-order chi connectivity index (χ1) is 14.5. The lowest BCUT2D eigenvalue weighted by Crippen LogP contribution is -2.50. The maximum Gasteiger partial charge on any atom is 0.248 e. The molecule has 11 nitrogen and oxygen atoms in total. The number of likely N-dealkylation sites (N-methyl/N-ethyl adjacent to an activating group) is 1. The minimum atomic E-state index is -0.486. The highest BCUT2D eigenvalue weighted by atomic mass is 16.5. The number of aromatic nitrogens is 4. The number of hydrogen-bond donors (Lipinski definition) is 2. The van der Waals surface area contributed by atoms with Crippen molar-refractivity contribution in [1.82, 2.24) is 24.8 Å². The van der Waals surface area contributed by atoms with Gasteiger partial charge in [0, 0.05) is 63.0 Å². The Morgan fingerprint density at radius 2 is 2.00 bits per heavy atom. The second kappa shape index (κ2) is 8.76. The Morgan fingerprint density at radius 1 is 1.30 bits per heavy atom. The summed E-state index contributed by atoms with van der Waals surface area (Å²) in [5.41, 5.74) is 6.95. The number of nitrogen functional groups attached to an aromatic ring is 1. The monoisotopic (exact) mass is 415 g/mol. The Balaban J connectivity index is 1.52. The summed E-state index contributed by atoms with van der Waals surface area (Å²) in [6, 6.07) is 1.81. The van der Waals surface area contributed by atoms with Gasteiger partial charge in [0.15, 0.2) is 0 Å². The number of nitrogens with two attached hydrogens (primary N) is 1. The van der Waals surface area contributed by atoms with Gasteiger partial charge in [0.2, 0.25) is 23.7 Å². The topological polar surface area (TPSA) is 140 Å². The molecule has 1 saturated carbocycles. The summed E-state index contributed by atoms with van der Waals surface area (Å²) in [5, 5.41) is 9.01. The summed E-state index contributed by atoms with van der Waals surface area (Å²) >= 11 is 0. The predicted octanol–water partition coefficient (Wildman–Crippen LogP) is -0.287. The van der Waals surface area contributed by atoms with E-state index in [-0.39, 0.29) is 24.0 Å². The van der Waals surface area contributed by atoms with Gasteiger partial charge in [0.05, 0.1) is 18.9 Å². The molecule has 3 N–H and O–H groups in total. The van der Waals surface area contributed by atoms with Crippen molar-refractivity contribution in [2.24, 2.45) is 0 Å². The van der Waals surface area contributed by atoms with E-state index in [0.717, 1.165) is 0 Å². The lowest BCUT2D eigenvalue weighted by molar-refractivity contribution is -0.138. The fraction of sp³-hybridized carbons (Fsp3) is 0.526. The molecule has 0 spiro atoms. The highest BCUT2D eigenvalue weighted by Gasteiger charge is 2.36. The summed E-state index contributed by atoms with van der Waals surface area (Å²) in [6.45, 7) is 2.14. The van der Waals surface area contributed by atoms with Gasteiger partial charge in [0.1, 0.15) is 12.7 Å². The van der Waals surface area contributed by atoms with Crippen molar-refractivity contribution in [3.63, 3.8) is 0 Å². The maximum absolute atomic E-state index is 11.6. The summed E-state index contributed by atoms with van der Waals surface area (Å²) in [7, 11) is 1.69. The number of nitrogens with zero attached hydrogens (tertiary/aromatic N) is 6. The third kappa shape index (κ3) is 4.41. The van der Waals surface area contributed by atoms with Crippen LogP contribution in [0.4, 0.5) is 11.9 Å². The zero-order valence-corrected chi connectivity index (χ0v) is 16.8. The molecule has 30 heavy (non-hydrogen) atoms. The van der Waals surface area contributed by atoms with Crippen molar-refractivity contribution in [2.75, 3.05) is 50.6 Å². The highest BCUT2D eigenvalue weighted by molar-refractivity contribution is 5.77. The second-order valence-corrected chi connectivity index (χ2v) is 7.35. The molecule has 3 heterocycles. The van der Waals surface area contributed by atoms with Gasteiger partial charge in [-0.05, 0) is 0 Å². The number of aliphatic hydroxyl groups excluding tert-OH is 1. The van der Waals surface area contributed by atoms with Crippen molar-refractivity contribution in [3.05, 3.63) is 18.5 Å². The van der Waals surface area contributed by atoms with E-state index in [1.54, 1.807) is 30.4 Å². The normalized spacial score (nSPS) is 21.1. The van der Waals surface area contributed by atoms with Gasteiger partial charge in [-0.25, -0.2) is 15.0 Å². The number of anilines is 2. The third-order valence-corrected chi connectivity index (χ3v) is 5.39. The summed E-state index contributed by atoms with van der Waals surface area (Å²) in [4.78, 5) is 32.6. The van der Waals surface area contributed by atoms with Crippen molar-refractivity contribution < 1.29 is 19.4 Å². The fourth-order valence-electron chi connectivity index (χ4n) is 3.43. The van der Waals surface area contributed by atoms with Crippen LogP contribution < -0.4 is 15.4 Å². The first-order valence-electron chi connectivity index (χ1n) is 9.86. The van der Waals surface area contributed by atoms with Crippen LogP contribution >= 0.6 is 0 Å². The average Bonchev–Trinajstić information content (AvgIpc) is 2.76. The van der Waals surface area contributed by atoms with Crippen molar-refractivity contribution in [1.29, 1.82) is 0 Å². The number of morpholine rings is 1. The minimum Gasteiger partial charge on any atom is -0.474 e. The molecule has 0 aromatic carbocycles. The first kappa shape index (κ1) is 20.2. The van der Waals surface area contributed by atoms with Crippen molar-refractivity contribution in [3.8, 4) is 17.1 Å². The summed E-state index contributed by atoms with van der Waals surface area (Å²) in [5.74, 6) is 0.921. The molecule has 1 aliphatic heterocycles. The van der Waals surface area contributed by atoms with E-state index in [2.05, 4.69) is 24.8 Å². The number of carbonyl (C=O) groups excluding carboxylic acids is 1. The number of hydrogen-bond acceptors (Lipinski definition) is 10. The van der Waals surface area contributed by atoms with Crippen LogP contribution in [0.5, 0.6) is 5.88 Å². The average molecular weight is 415 g/mol. The molecule has 1 amide bonds. The quantitative estimate of drug-likeness (QED) is 0.647.